The average Bonchev–Trinajstić information content (AvgIpc) is 2.82. The van der Waals surface area contributed by atoms with Gasteiger partial charge < -0.3 is 11.1 Å². The van der Waals surface area contributed by atoms with E-state index in [9.17, 15) is 4.79 Å². The zero-order valence-electron chi connectivity index (χ0n) is 9.33. The lowest BCUT2D eigenvalue weighted by Crippen LogP contribution is -2.43. The van der Waals surface area contributed by atoms with Gasteiger partial charge in [0, 0.05) is 12.7 Å². The molecule has 1 amide bonds. The van der Waals surface area contributed by atoms with Crippen LogP contribution in [0.25, 0.3) is 0 Å². The number of carbonyl (C=O) groups is 1. The van der Waals surface area contributed by atoms with E-state index in [1.807, 2.05) is 0 Å². The maximum Gasteiger partial charge on any atom is 0.231 e. The fraction of sp³-hybridized carbons (Fsp3) is 0.636. The van der Waals surface area contributed by atoms with Gasteiger partial charge in [0.2, 0.25) is 5.91 Å². The summed E-state index contributed by atoms with van der Waals surface area (Å²) in [6.45, 7) is 0.427. The van der Waals surface area contributed by atoms with Crippen molar-refractivity contribution in [1.82, 2.24) is 10.2 Å². The van der Waals surface area contributed by atoms with E-state index in [-0.39, 0.29) is 11.3 Å². The molecule has 4 N–H and O–H groups in total. The molecule has 1 aromatic rings. The summed E-state index contributed by atoms with van der Waals surface area (Å²) in [5.41, 5.74) is 6.13. The third-order valence-electron chi connectivity index (χ3n) is 3.44. The second-order valence-electron chi connectivity index (χ2n) is 4.49. The molecule has 16 heavy (non-hydrogen) atoms. The van der Waals surface area contributed by atoms with Crippen molar-refractivity contribution in [3.8, 4) is 0 Å². The summed E-state index contributed by atoms with van der Waals surface area (Å²) in [5.74, 6) is 0.0381. The summed E-state index contributed by atoms with van der Waals surface area (Å²) in [7, 11) is 0. The maximum atomic E-state index is 12.2. The summed E-state index contributed by atoms with van der Waals surface area (Å²) in [4.78, 5) is 12.2. The van der Waals surface area contributed by atoms with Crippen molar-refractivity contribution in [3.05, 3.63) is 12.4 Å². The van der Waals surface area contributed by atoms with E-state index in [2.05, 4.69) is 15.5 Å². The molecule has 2 rings (SSSR count). The smallest absolute Gasteiger partial charge is 0.231 e. The van der Waals surface area contributed by atoms with Crippen LogP contribution < -0.4 is 11.1 Å². The zero-order chi connectivity index (χ0) is 11.4. The van der Waals surface area contributed by atoms with Gasteiger partial charge in [0.1, 0.15) is 0 Å². The van der Waals surface area contributed by atoms with Crippen LogP contribution in [0.5, 0.6) is 0 Å². The lowest BCUT2D eigenvalue weighted by Gasteiger charge is -2.34. The monoisotopic (exact) mass is 222 g/mol. The Balaban J connectivity index is 2.06. The number of aromatic nitrogens is 2. The number of anilines is 1. The maximum absolute atomic E-state index is 12.2. The number of nitrogens with one attached hydrogen (secondary N) is 2. The zero-order valence-corrected chi connectivity index (χ0v) is 9.33. The van der Waals surface area contributed by atoms with Crippen LogP contribution in [0.1, 0.15) is 32.1 Å². The van der Waals surface area contributed by atoms with Crippen LogP contribution in [0.3, 0.4) is 0 Å². The van der Waals surface area contributed by atoms with Gasteiger partial charge in [-0.25, -0.2) is 0 Å². The Morgan fingerprint density at radius 1 is 1.50 bits per heavy atom. The van der Waals surface area contributed by atoms with E-state index in [0.29, 0.717) is 12.2 Å². The summed E-state index contributed by atoms with van der Waals surface area (Å²) in [6.07, 6.45) is 8.46. The highest BCUT2D eigenvalue weighted by Crippen LogP contribution is 2.36. The van der Waals surface area contributed by atoms with Crippen molar-refractivity contribution in [1.29, 1.82) is 0 Å². The summed E-state index contributed by atoms with van der Waals surface area (Å²) < 4.78 is 0. The predicted molar refractivity (Wildman–Crippen MR) is 61.8 cm³/mol. The molecule has 0 radical (unpaired) electrons. The lowest BCUT2D eigenvalue weighted by molar-refractivity contribution is -0.126. The highest BCUT2D eigenvalue weighted by molar-refractivity contribution is 5.95. The van der Waals surface area contributed by atoms with Crippen molar-refractivity contribution >= 4 is 11.6 Å². The Morgan fingerprint density at radius 3 is 2.81 bits per heavy atom. The van der Waals surface area contributed by atoms with Gasteiger partial charge in [-0.15, -0.1) is 0 Å². The topological polar surface area (TPSA) is 83.8 Å². The standard InChI is InChI=1S/C11H18N4O/c12-8-11(4-2-1-3-5-11)10(16)15-9-6-13-14-7-9/h6-7H,1-5,8,12H2,(H,13,14)(H,15,16). The van der Waals surface area contributed by atoms with Gasteiger partial charge in [0.25, 0.3) is 0 Å². The van der Waals surface area contributed by atoms with Crippen molar-refractivity contribution in [3.63, 3.8) is 0 Å². The number of nitrogens with two attached hydrogens (primary N) is 1. The molecule has 0 aromatic carbocycles. The number of rotatable bonds is 3. The molecule has 1 aromatic heterocycles. The van der Waals surface area contributed by atoms with Gasteiger partial charge in [-0.2, -0.15) is 5.10 Å². The minimum absolute atomic E-state index is 0.0381. The van der Waals surface area contributed by atoms with Crippen LogP contribution in [0.4, 0.5) is 5.69 Å². The van der Waals surface area contributed by atoms with Crippen LogP contribution >= 0.6 is 0 Å². The molecule has 0 saturated heterocycles. The number of hydrogen-bond donors (Lipinski definition) is 3. The van der Waals surface area contributed by atoms with Crippen LogP contribution in [0.2, 0.25) is 0 Å². The summed E-state index contributed by atoms with van der Waals surface area (Å²) in [5, 5.41) is 9.34. The second kappa shape index (κ2) is 4.65. The molecule has 1 saturated carbocycles. The number of aromatic amines is 1. The van der Waals surface area contributed by atoms with Gasteiger partial charge in [-0.05, 0) is 12.8 Å². The van der Waals surface area contributed by atoms with E-state index in [0.717, 1.165) is 25.7 Å². The van der Waals surface area contributed by atoms with Crippen LogP contribution in [-0.4, -0.2) is 22.6 Å². The Kier molecular flexibility index (Phi) is 3.24. The molecule has 1 heterocycles. The Labute approximate surface area is 94.8 Å². The first-order chi connectivity index (χ1) is 7.77. The van der Waals surface area contributed by atoms with E-state index < -0.39 is 0 Å². The fourth-order valence-corrected chi connectivity index (χ4v) is 2.34. The number of nitrogens with zero attached hydrogens (tertiary/aromatic N) is 1. The van der Waals surface area contributed by atoms with Crippen LogP contribution in [0.15, 0.2) is 12.4 Å². The Hall–Kier alpha value is -1.36. The van der Waals surface area contributed by atoms with Gasteiger partial charge in [0.15, 0.2) is 0 Å². The first-order valence-electron chi connectivity index (χ1n) is 5.77. The van der Waals surface area contributed by atoms with Crippen molar-refractivity contribution in [2.45, 2.75) is 32.1 Å². The molecule has 0 aliphatic heterocycles. The molecular weight excluding hydrogens is 204 g/mol. The van der Waals surface area contributed by atoms with Crippen LogP contribution in [-0.2, 0) is 4.79 Å². The second-order valence-corrected chi connectivity index (χ2v) is 4.49. The Morgan fingerprint density at radius 2 is 2.25 bits per heavy atom. The van der Waals surface area contributed by atoms with Crippen molar-refractivity contribution < 1.29 is 4.79 Å². The van der Waals surface area contributed by atoms with Gasteiger partial charge in [0.05, 0.1) is 17.3 Å². The van der Waals surface area contributed by atoms with E-state index in [1.54, 1.807) is 12.4 Å². The molecule has 0 atom stereocenters. The number of carbonyl (C=O) groups excluding carboxylic acids is 1. The number of hydrogen-bond acceptors (Lipinski definition) is 3. The first kappa shape index (κ1) is 11.1. The van der Waals surface area contributed by atoms with E-state index in [1.165, 1.54) is 6.42 Å². The van der Waals surface area contributed by atoms with E-state index >= 15 is 0 Å². The highest BCUT2D eigenvalue weighted by atomic mass is 16.2. The molecule has 88 valence electrons. The molecular formula is C11H18N4O. The minimum Gasteiger partial charge on any atom is -0.329 e. The molecule has 1 aliphatic carbocycles. The predicted octanol–water partition coefficient (Wildman–Crippen LogP) is 1.26. The fourth-order valence-electron chi connectivity index (χ4n) is 2.34. The highest BCUT2D eigenvalue weighted by Gasteiger charge is 2.38. The molecule has 1 aliphatic rings. The minimum atomic E-state index is -0.366. The SMILES string of the molecule is NCC1(C(=O)Nc2cn[nH]c2)CCCCC1. The third kappa shape index (κ3) is 2.09. The number of H-pyrrole nitrogens is 1. The lowest BCUT2D eigenvalue weighted by atomic mass is 9.73. The summed E-state index contributed by atoms with van der Waals surface area (Å²) >= 11 is 0. The van der Waals surface area contributed by atoms with Crippen molar-refractivity contribution in [2.75, 3.05) is 11.9 Å². The van der Waals surface area contributed by atoms with Crippen LogP contribution in [0, 0.1) is 5.41 Å². The molecule has 5 nitrogen and oxygen atoms in total. The Bertz CT molecular complexity index is 341. The average molecular weight is 222 g/mol. The normalized spacial score (nSPS) is 19.3. The molecule has 0 unspecified atom stereocenters. The van der Waals surface area contributed by atoms with Gasteiger partial charge in [-0.1, -0.05) is 19.3 Å². The molecule has 0 spiro atoms. The largest absolute Gasteiger partial charge is 0.329 e. The number of amides is 1. The van der Waals surface area contributed by atoms with Crippen molar-refractivity contribution in [2.24, 2.45) is 11.1 Å². The third-order valence-corrected chi connectivity index (χ3v) is 3.44. The van der Waals surface area contributed by atoms with Gasteiger partial charge >= 0.3 is 0 Å². The van der Waals surface area contributed by atoms with E-state index in [4.69, 9.17) is 5.73 Å². The quantitative estimate of drug-likeness (QED) is 0.719. The van der Waals surface area contributed by atoms with Gasteiger partial charge in [-0.3, -0.25) is 9.89 Å². The molecule has 5 heteroatoms. The summed E-state index contributed by atoms with van der Waals surface area (Å²) in [6, 6.07) is 0. The molecule has 0 bridgehead atoms. The first-order valence-corrected chi connectivity index (χ1v) is 5.77. The molecule has 1 fully saturated rings.